The standard InChI is InChI=1S/C26H48O7/c1-26(2,3)18-10-14-22-33-25(30)17-9-6-13-21-32-24(29)16-8-5-12-20-31-23(28)15-7-4-11-19-27/h27H,4-22H2,1-3H3. The van der Waals surface area contributed by atoms with Gasteiger partial charge in [0.2, 0.25) is 0 Å². The molecule has 0 aromatic carbocycles. The summed E-state index contributed by atoms with van der Waals surface area (Å²) in [4.78, 5) is 34.9. The van der Waals surface area contributed by atoms with E-state index in [4.69, 9.17) is 19.3 Å². The molecule has 1 N–H and O–H groups in total. The molecule has 0 fully saturated rings. The van der Waals surface area contributed by atoms with E-state index < -0.39 is 0 Å². The summed E-state index contributed by atoms with van der Waals surface area (Å²) in [5.41, 5.74) is 0.325. The number of esters is 3. The molecule has 0 saturated carbocycles. The highest BCUT2D eigenvalue weighted by atomic mass is 16.5. The Morgan fingerprint density at radius 2 is 0.909 bits per heavy atom. The van der Waals surface area contributed by atoms with Gasteiger partial charge in [-0.3, -0.25) is 14.4 Å². The molecule has 0 amide bonds. The molecule has 0 atom stereocenters. The minimum absolute atomic E-state index is 0.143. The maximum Gasteiger partial charge on any atom is 0.305 e. The van der Waals surface area contributed by atoms with Crippen molar-refractivity contribution in [2.45, 2.75) is 117 Å². The fourth-order valence-electron chi connectivity index (χ4n) is 3.19. The maximum atomic E-state index is 11.7. The third kappa shape index (κ3) is 24.8. The first-order valence-electron chi connectivity index (χ1n) is 12.8. The van der Waals surface area contributed by atoms with Crippen molar-refractivity contribution in [2.24, 2.45) is 5.41 Å². The number of hydrogen-bond acceptors (Lipinski definition) is 7. The fraction of sp³-hybridized carbons (Fsp3) is 0.885. The Kier molecular flexibility index (Phi) is 19.9. The topological polar surface area (TPSA) is 99.1 Å². The molecule has 0 aromatic heterocycles. The Bertz CT molecular complexity index is 511. The minimum Gasteiger partial charge on any atom is -0.466 e. The Morgan fingerprint density at radius 3 is 1.27 bits per heavy atom. The molecule has 0 radical (unpaired) electrons. The van der Waals surface area contributed by atoms with Crippen molar-refractivity contribution in [3.63, 3.8) is 0 Å². The van der Waals surface area contributed by atoms with E-state index in [0.29, 0.717) is 50.9 Å². The van der Waals surface area contributed by atoms with Gasteiger partial charge in [0.05, 0.1) is 19.8 Å². The van der Waals surface area contributed by atoms with Crippen LogP contribution < -0.4 is 0 Å². The van der Waals surface area contributed by atoms with Crippen LogP contribution in [0, 0.1) is 5.41 Å². The van der Waals surface area contributed by atoms with Crippen LogP contribution in [-0.4, -0.2) is 49.4 Å². The first-order chi connectivity index (χ1) is 15.7. The molecule has 0 saturated heterocycles. The molecular formula is C26H48O7. The summed E-state index contributed by atoms with van der Waals surface area (Å²) in [6.07, 6.45) is 11.2. The smallest absolute Gasteiger partial charge is 0.305 e. The molecule has 0 aliphatic heterocycles. The third-order valence-electron chi connectivity index (χ3n) is 5.20. The van der Waals surface area contributed by atoms with Crippen LogP contribution >= 0.6 is 0 Å². The third-order valence-corrected chi connectivity index (χ3v) is 5.20. The highest BCUT2D eigenvalue weighted by Crippen LogP contribution is 2.21. The van der Waals surface area contributed by atoms with Crippen molar-refractivity contribution in [3.05, 3.63) is 0 Å². The number of aliphatic hydroxyl groups excluding tert-OH is 1. The van der Waals surface area contributed by atoms with Gasteiger partial charge in [-0.05, 0) is 76.0 Å². The molecule has 0 unspecified atom stereocenters. The summed E-state index contributed by atoms with van der Waals surface area (Å²) < 4.78 is 15.6. The lowest BCUT2D eigenvalue weighted by atomic mass is 9.90. The second kappa shape index (κ2) is 20.9. The number of carbonyl (C=O) groups excluding carboxylic acids is 3. The summed E-state index contributed by atoms with van der Waals surface area (Å²) in [6, 6.07) is 0. The monoisotopic (exact) mass is 472 g/mol. The van der Waals surface area contributed by atoms with E-state index in [9.17, 15) is 14.4 Å². The van der Waals surface area contributed by atoms with Crippen LogP contribution in [0.5, 0.6) is 0 Å². The molecule has 0 heterocycles. The lowest BCUT2D eigenvalue weighted by Crippen LogP contribution is -2.09. The van der Waals surface area contributed by atoms with Crippen LogP contribution in [-0.2, 0) is 28.6 Å². The van der Waals surface area contributed by atoms with Gasteiger partial charge in [-0.2, -0.15) is 0 Å². The van der Waals surface area contributed by atoms with Gasteiger partial charge in [-0.1, -0.05) is 27.2 Å². The molecule has 0 spiro atoms. The van der Waals surface area contributed by atoms with Crippen LogP contribution in [0.15, 0.2) is 0 Å². The Morgan fingerprint density at radius 1 is 0.545 bits per heavy atom. The zero-order valence-corrected chi connectivity index (χ0v) is 21.3. The molecule has 0 aliphatic carbocycles. The Hall–Kier alpha value is -1.63. The minimum atomic E-state index is -0.203. The van der Waals surface area contributed by atoms with E-state index in [-0.39, 0.29) is 24.5 Å². The van der Waals surface area contributed by atoms with Crippen LogP contribution in [0.2, 0.25) is 0 Å². The van der Waals surface area contributed by atoms with Crippen molar-refractivity contribution in [2.75, 3.05) is 26.4 Å². The van der Waals surface area contributed by atoms with Gasteiger partial charge in [0.25, 0.3) is 0 Å². The van der Waals surface area contributed by atoms with Crippen LogP contribution in [0.3, 0.4) is 0 Å². The number of unbranched alkanes of at least 4 members (excludes halogenated alkanes) is 7. The molecule has 194 valence electrons. The van der Waals surface area contributed by atoms with E-state index in [1.54, 1.807) is 0 Å². The van der Waals surface area contributed by atoms with E-state index in [1.807, 2.05) is 0 Å². The molecule has 0 rings (SSSR count). The second-order valence-corrected chi connectivity index (χ2v) is 9.83. The van der Waals surface area contributed by atoms with Gasteiger partial charge in [0.1, 0.15) is 0 Å². The van der Waals surface area contributed by atoms with Gasteiger partial charge in [0, 0.05) is 25.9 Å². The zero-order chi connectivity index (χ0) is 24.8. The second-order valence-electron chi connectivity index (χ2n) is 9.83. The molecule has 33 heavy (non-hydrogen) atoms. The van der Waals surface area contributed by atoms with Crippen molar-refractivity contribution in [3.8, 4) is 0 Å². The highest BCUT2D eigenvalue weighted by Gasteiger charge is 2.10. The first kappa shape index (κ1) is 31.4. The summed E-state index contributed by atoms with van der Waals surface area (Å²) in [6.45, 7) is 8.06. The fourth-order valence-corrected chi connectivity index (χ4v) is 3.19. The van der Waals surface area contributed by atoms with E-state index in [2.05, 4.69) is 20.8 Å². The molecule has 0 aliphatic rings. The molecule has 7 nitrogen and oxygen atoms in total. The lowest BCUT2D eigenvalue weighted by Gasteiger charge is -2.17. The number of carbonyl (C=O) groups is 3. The number of aliphatic hydroxyl groups is 1. The predicted octanol–water partition coefficient (Wildman–Crippen LogP) is 5.51. The van der Waals surface area contributed by atoms with Crippen molar-refractivity contribution in [1.29, 1.82) is 0 Å². The quantitative estimate of drug-likeness (QED) is 0.134. The van der Waals surface area contributed by atoms with E-state index >= 15 is 0 Å². The van der Waals surface area contributed by atoms with E-state index in [1.165, 1.54) is 0 Å². The predicted molar refractivity (Wildman–Crippen MR) is 129 cm³/mol. The van der Waals surface area contributed by atoms with Gasteiger partial charge in [-0.25, -0.2) is 0 Å². The van der Waals surface area contributed by atoms with Crippen LogP contribution in [0.1, 0.15) is 117 Å². The Balaban J connectivity index is 3.40. The summed E-state index contributed by atoms with van der Waals surface area (Å²) >= 11 is 0. The van der Waals surface area contributed by atoms with Gasteiger partial charge < -0.3 is 19.3 Å². The normalized spacial score (nSPS) is 11.3. The highest BCUT2D eigenvalue weighted by molar-refractivity contribution is 5.70. The van der Waals surface area contributed by atoms with Crippen LogP contribution in [0.4, 0.5) is 0 Å². The van der Waals surface area contributed by atoms with E-state index in [0.717, 1.165) is 70.6 Å². The van der Waals surface area contributed by atoms with Crippen molar-refractivity contribution >= 4 is 17.9 Å². The Labute approximate surface area is 200 Å². The molecular weight excluding hydrogens is 424 g/mol. The molecule has 0 bridgehead atoms. The zero-order valence-electron chi connectivity index (χ0n) is 21.3. The van der Waals surface area contributed by atoms with Gasteiger partial charge in [-0.15, -0.1) is 0 Å². The molecule has 0 aromatic rings. The largest absolute Gasteiger partial charge is 0.466 e. The summed E-state index contributed by atoms with van der Waals surface area (Å²) in [7, 11) is 0. The number of ether oxygens (including phenoxy) is 3. The number of rotatable bonds is 21. The first-order valence-corrected chi connectivity index (χ1v) is 12.8. The van der Waals surface area contributed by atoms with Gasteiger partial charge in [0.15, 0.2) is 0 Å². The maximum absolute atomic E-state index is 11.7. The van der Waals surface area contributed by atoms with Gasteiger partial charge >= 0.3 is 17.9 Å². The SMILES string of the molecule is CC(C)(C)CCCCOC(=O)CCCCCOC(=O)CCCCCOC(=O)CCCCCO. The summed E-state index contributed by atoms with van der Waals surface area (Å²) in [5, 5.41) is 8.68. The average Bonchev–Trinajstić information content (AvgIpc) is 2.75. The van der Waals surface area contributed by atoms with Crippen molar-refractivity contribution < 1.29 is 33.7 Å². The number of hydrogen-bond donors (Lipinski definition) is 1. The van der Waals surface area contributed by atoms with Crippen molar-refractivity contribution in [1.82, 2.24) is 0 Å². The van der Waals surface area contributed by atoms with Crippen LogP contribution in [0.25, 0.3) is 0 Å². The lowest BCUT2D eigenvalue weighted by molar-refractivity contribution is -0.145. The average molecular weight is 473 g/mol. The summed E-state index contributed by atoms with van der Waals surface area (Å²) in [5.74, 6) is -0.544. The molecule has 7 heteroatoms.